The fraction of sp³-hybridized carbons (Fsp3) is 0.500. The molecule has 8 nitrogen and oxygen atoms in total. The highest BCUT2D eigenvalue weighted by molar-refractivity contribution is 6.28. The van der Waals surface area contributed by atoms with Gasteiger partial charge in [-0.3, -0.25) is 10.0 Å². The fourth-order valence-electron chi connectivity index (χ4n) is 1.91. The van der Waals surface area contributed by atoms with E-state index in [1.165, 1.54) is 0 Å². The molecule has 2 aromatic heterocycles. The van der Waals surface area contributed by atoms with Crippen molar-refractivity contribution in [3.8, 4) is 0 Å². The molecule has 114 valence electrons. The van der Waals surface area contributed by atoms with Crippen LogP contribution in [0, 0.1) is 0 Å². The van der Waals surface area contributed by atoms with E-state index in [-0.39, 0.29) is 11.7 Å². The maximum Gasteiger partial charge on any atom is 0.243 e. The van der Waals surface area contributed by atoms with Gasteiger partial charge in [0, 0.05) is 19.5 Å². The van der Waals surface area contributed by atoms with Crippen LogP contribution in [0.4, 0.5) is 5.82 Å². The summed E-state index contributed by atoms with van der Waals surface area (Å²) in [6, 6.07) is 0. The number of nitrogens with one attached hydrogen (secondary N) is 2. The van der Waals surface area contributed by atoms with Gasteiger partial charge < -0.3 is 9.88 Å². The number of aromatic nitrogens is 4. The Bertz CT molecular complexity index is 629. The number of amides is 1. The molecule has 3 N–H and O–H groups in total. The summed E-state index contributed by atoms with van der Waals surface area (Å²) in [6.07, 6.45) is 3.37. The molecule has 0 aliphatic carbocycles. The van der Waals surface area contributed by atoms with Crippen molar-refractivity contribution in [2.75, 3.05) is 11.9 Å². The molecule has 0 radical (unpaired) electrons. The van der Waals surface area contributed by atoms with Gasteiger partial charge in [0.2, 0.25) is 11.2 Å². The number of hydrogen-bond acceptors (Lipinski definition) is 6. The Morgan fingerprint density at radius 2 is 2.29 bits per heavy atom. The molecule has 21 heavy (non-hydrogen) atoms. The van der Waals surface area contributed by atoms with E-state index in [0.29, 0.717) is 29.9 Å². The number of halogens is 1. The van der Waals surface area contributed by atoms with Crippen molar-refractivity contribution in [1.29, 1.82) is 0 Å². The van der Waals surface area contributed by atoms with Gasteiger partial charge in [0.15, 0.2) is 17.0 Å². The molecule has 1 amide bonds. The third-order valence-electron chi connectivity index (χ3n) is 2.91. The van der Waals surface area contributed by atoms with Crippen LogP contribution in [0.15, 0.2) is 6.33 Å². The zero-order valence-electron chi connectivity index (χ0n) is 11.6. The van der Waals surface area contributed by atoms with E-state index >= 15 is 0 Å². The first-order valence-electron chi connectivity index (χ1n) is 6.71. The Hall–Kier alpha value is -1.93. The van der Waals surface area contributed by atoms with Gasteiger partial charge in [-0.25, -0.2) is 10.5 Å². The van der Waals surface area contributed by atoms with Crippen molar-refractivity contribution >= 4 is 34.5 Å². The molecule has 0 aromatic carbocycles. The van der Waals surface area contributed by atoms with Gasteiger partial charge in [0.1, 0.15) is 0 Å². The van der Waals surface area contributed by atoms with Crippen LogP contribution in [-0.4, -0.2) is 37.2 Å². The minimum Gasteiger partial charge on any atom is -0.368 e. The molecule has 0 saturated heterocycles. The molecule has 9 heteroatoms. The first-order chi connectivity index (χ1) is 10.2. The van der Waals surface area contributed by atoms with E-state index in [9.17, 15) is 4.79 Å². The third-order valence-corrected chi connectivity index (χ3v) is 3.08. The summed E-state index contributed by atoms with van der Waals surface area (Å²) >= 11 is 5.94. The van der Waals surface area contributed by atoms with Gasteiger partial charge in [-0.2, -0.15) is 9.97 Å². The van der Waals surface area contributed by atoms with Crippen LogP contribution >= 0.6 is 11.6 Å². The van der Waals surface area contributed by atoms with Crippen molar-refractivity contribution in [1.82, 2.24) is 25.0 Å². The summed E-state index contributed by atoms with van der Waals surface area (Å²) < 4.78 is 1.81. The third kappa shape index (κ3) is 3.79. The van der Waals surface area contributed by atoms with E-state index in [4.69, 9.17) is 16.8 Å². The average Bonchev–Trinajstić information content (AvgIpc) is 2.87. The van der Waals surface area contributed by atoms with Gasteiger partial charge in [0.05, 0.1) is 6.33 Å². The van der Waals surface area contributed by atoms with E-state index < -0.39 is 5.91 Å². The smallest absolute Gasteiger partial charge is 0.243 e. The summed E-state index contributed by atoms with van der Waals surface area (Å²) in [5, 5.41) is 11.8. The van der Waals surface area contributed by atoms with Crippen molar-refractivity contribution in [2.24, 2.45) is 0 Å². The van der Waals surface area contributed by atoms with Gasteiger partial charge >= 0.3 is 0 Å². The molecular weight excluding hydrogens is 296 g/mol. The molecular formula is C12H17ClN6O2. The molecule has 0 atom stereocenters. The maximum atomic E-state index is 11.0. The van der Waals surface area contributed by atoms with Crippen LogP contribution in [0.1, 0.15) is 26.2 Å². The molecule has 2 rings (SSSR count). The summed E-state index contributed by atoms with van der Waals surface area (Å²) in [4.78, 5) is 23.6. The summed E-state index contributed by atoms with van der Waals surface area (Å²) in [7, 11) is 0. The Morgan fingerprint density at radius 1 is 1.48 bits per heavy atom. The molecule has 0 fully saturated rings. The molecule has 0 unspecified atom stereocenters. The molecule has 0 bridgehead atoms. The van der Waals surface area contributed by atoms with E-state index in [0.717, 1.165) is 13.0 Å². The van der Waals surface area contributed by atoms with Crippen LogP contribution < -0.4 is 10.8 Å². The van der Waals surface area contributed by atoms with Crippen LogP contribution in [-0.2, 0) is 11.3 Å². The minimum absolute atomic E-state index is 0.149. The molecule has 0 spiro atoms. The summed E-state index contributed by atoms with van der Waals surface area (Å²) in [6.45, 7) is 3.37. The quantitative estimate of drug-likeness (QED) is 0.407. The van der Waals surface area contributed by atoms with Gasteiger partial charge in [-0.1, -0.05) is 6.92 Å². The second-order valence-corrected chi connectivity index (χ2v) is 4.85. The molecule has 0 aliphatic heterocycles. The number of carbonyl (C=O) groups excluding carboxylic acids is 1. The topological polar surface area (TPSA) is 105 Å². The fourth-order valence-corrected chi connectivity index (χ4v) is 2.08. The second kappa shape index (κ2) is 7.19. The predicted octanol–water partition coefficient (Wildman–Crippen LogP) is 1.59. The number of imidazole rings is 1. The zero-order chi connectivity index (χ0) is 15.2. The van der Waals surface area contributed by atoms with Crippen molar-refractivity contribution < 1.29 is 10.0 Å². The van der Waals surface area contributed by atoms with Gasteiger partial charge in [0.25, 0.3) is 0 Å². The highest BCUT2D eigenvalue weighted by Gasteiger charge is 2.12. The summed E-state index contributed by atoms with van der Waals surface area (Å²) in [5.74, 6) is 0.191. The number of hydrogen-bond donors (Lipinski definition) is 3. The lowest BCUT2D eigenvalue weighted by atomic mass is 10.3. The normalized spacial score (nSPS) is 10.8. The molecule has 2 aromatic rings. The molecule has 0 aliphatic rings. The largest absolute Gasteiger partial charge is 0.368 e. The Morgan fingerprint density at radius 3 is 3.00 bits per heavy atom. The zero-order valence-corrected chi connectivity index (χ0v) is 12.4. The Balaban J connectivity index is 2.18. The average molecular weight is 313 g/mol. The van der Waals surface area contributed by atoms with Crippen LogP contribution in [0.25, 0.3) is 11.2 Å². The number of fused-ring (bicyclic) bond motifs is 1. The highest BCUT2D eigenvalue weighted by Crippen LogP contribution is 2.21. The van der Waals surface area contributed by atoms with E-state index in [1.807, 2.05) is 4.57 Å². The van der Waals surface area contributed by atoms with Crippen molar-refractivity contribution in [3.05, 3.63) is 11.6 Å². The minimum atomic E-state index is -0.419. The SMILES string of the molecule is CCCNc1nc(Cl)nc2c1ncn2CCCC(=O)NO. The second-order valence-electron chi connectivity index (χ2n) is 4.52. The number of aryl methyl sites for hydroxylation is 1. The number of rotatable bonds is 7. The first-order valence-corrected chi connectivity index (χ1v) is 7.08. The lowest BCUT2D eigenvalue weighted by Gasteiger charge is -2.06. The van der Waals surface area contributed by atoms with Crippen LogP contribution in [0.3, 0.4) is 0 Å². The predicted molar refractivity (Wildman–Crippen MR) is 78.3 cm³/mol. The maximum absolute atomic E-state index is 11.0. The monoisotopic (exact) mass is 312 g/mol. The van der Waals surface area contributed by atoms with Gasteiger partial charge in [-0.15, -0.1) is 0 Å². The van der Waals surface area contributed by atoms with Crippen LogP contribution in [0.5, 0.6) is 0 Å². The molecule has 2 heterocycles. The van der Waals surface area contributed by atoms with Crippen molar-refractivity contribution in [2.45, 2.75) is 32.7 Å². The lowest BCUT2D eigenvalue weighted by molar-refractivity contribution is -0.129. The standard InChI is InChI=1S/C12H17ClN6O2/c1-2-5-14-10-9-11(17-12(13)16-10)19(7-15-9)6-3-4-8(20)18-21/h7,21H,2-6H2,1H3,(H,18,20)(H,14,16,17). The Kier molecular flexibility index (Phi) is 5.29. The van der Waals surface area contributed by atoms with E-state index in [1.54, 1.807) is 11.8 Å². The summed E-state index contributed by atoms with van der Waals surface area (Å²) in [5.41, 5.74) is 2.88. The lowest BCUT2D eigenvalue weighted by Crippen LogP contribution is -2.18. The van der Waals surface area contributed by atoms with E-state index in [2.05, 4.69) is 27.2 Å². The first kappa shape index (κ1) is 15.5. The number of carbonyl (C=O) groups is 1. The number of nitrogens with zero attached hydrogens (tertiary/aromatic N) is 4. The number of hydroxylamine groups is 1. The highest BCUT2D eigenvalue weighted by atomic mass is 35.5. The van der Waals surface area contributed by atoms with Crippen molar-refractivity contribution in [3.63, 3.8) is 0 Å². The van der Waals surface area contributed by atoms with Gasteiger partial charge in [-0.05, 0) is 24.4 Å². The molecule has 0 saturated carbocycles. The number of anilines is 1. The Labute approximate surface area is 126 Å². The van der Waals surface area contributed by atoms with Crippen LogP contribution in [0.2, 0.25) is 5.28 Å².